The number of fused-ring (bicyclic) bond motifs is 12. The van der Waals surface area contributed by atoms with Crippen molar-refractivity contribution in [2.24, 2.45) is 0 Å². The van der Waals surface area contributed by atoms with Crippen LogP contribution in [-0.2, 0) is 5.41 Å². The van der Waals surface area contributed by atoms with E-state index in [2.05, 4.69) is 91.0 Å². The van der Waals surface area contributed by atoms with E-state index in [1.807, 2.05) is 12.1 Å². The summed E-state index contributed by atoms with van der Waals surface area (Å²) in [6.45, 7) is 0. The first kappa shape index (κ1) is 18.0. The van der Waals surface area contributed by atoms with Gasteiger partial charge in [-0.15, -0.1) is 0 Å². The zero-order chi connectivity index (χ0) is 21.4. The van der Waals surface area contributed by atoms with E-state index in [4.69, 9.17) is 0 Å². The van der Waals surface area contributed by atoms with Gasteiger partial charge in [0.1, 0.15) is 0 Å². The van der Waals surface area contributed by atoms with Gasteiger partial charge in [0.15, 0.2) is 0 Å². The van der Waals surface area contributed by atoms with Crippen molar-refractivity contribution in [3.63, 3.8) is 0 Å². The molecule has 3 heteroatoms. The Morgan fingerprint density at radius 1 is 0.531 bits per heavy atom. The number of benzene rings is 5. The summed E-state index contributed by atoms with van der Waals surface area (Å²) < 4.78 is 0. The highest BCUT2D eigenvalue weighted by molar-refractivity contribution is 6.59. The van der Waals surface area contributed by atoms with Gasteiger partial charge >= 0.3 is 7.12 Å². The van der Waals surface area contributed by atoms with E-state index in [1.54, 1.807) is 0 Å². The third kappa shape index (κ3) is 1.98. The Balaban J connectivity index is 1.77. The van der Waals surface area contributed by atoms with Crippen molar-refractivity contribution < 1.29 is 10.0 Å². The topological polar surface area (TPSA) is 40.5 Å². The molecule has 5 aromatic rings. The summed E-state index contributed by atoms with van der Waals surface area (Å²) in [6, 6.07) is 35.9. The Kier molecular flexibility index (Phi) is 3.48. The fourth-order valence-corrected chi connectivity index (χ4v) is 6.22. The molecular weight excluding hydrogens is 391 g/mol. The van der Waals surface area contributed by atoms with Crippen LogP contribution in [0.15, 0.2) is 103 Å². The maximum Gasteiger partial charge on any atom is 0.488 e. The SMILES string of the molecule is OB(O)c1cccc2c1C1(c3ccccc3-c3ccccc31)c1ccc3ccccc3c1-2. The number of hydrogen-bond acceptors (Lipinski definition) is 2. The highest BCUT2D eigenvalue weighted by atomic mass is 16.4. The summed E-state index contributed by atoms with van der Waals surface area (Å²) in [5.74, 6) is 0. The molecule has 0 aromatic heterocycles. The average Bonchev–Trinajstić information content (AvgIpc) is 3.31. The lowest BCUT2D eigenvalue weighted by Crippen LogP contribution is -2.40. The summed E-state index contributed by atoms with van der Waals surface area (Å²) >= 11 is 0. The third-order valence-corrected chi connectivity index (χ3v) is 7.30. The lowest BCUT2D eigenvalue weighted by molar-refractivity contribution is 0.425. The molecule has 2 aliphatic rings. The zero-order valence-corrected chi connectivity index (χ0v) is 17.3. The Bertz CT molecular complexity index is 1520. The molecule has 0 radical (unpaired) electrons. The molecular formula is C29H19BO2. The minimum absolute atomic E-state index is 0.564. The van der Waals surface area contributed by atoms with E-state index in [9.17, 15) is 10.0 Å². The zero-order valence-electron chi connectivity index (χ0n) is 17.3. The minimum Gasteiger partial charge on any atom is -0.423 e. The van der Waals surface area contributed by atoms with Crippen LogP contribution in [-0.4, -0.2) is 17.2 Å². The summed E-state index contributed by atoms with van der Waals surface area (Å²) in [4.78, 5) is 0. The Morgan fingerprint density at radius 2 is 1.16 bits per heavy atom. The Morgan fingerprint density at radius 3 is 1.88 bits per heavy atom. The van der Waals surface area contributed by atoms with Crippen molar-refractivity contribution in [3.05, 3.63) is 125 Å². The van der Waals surface area contributed by atoms with Gasteiger partial charge in [-0.25, -0.2) is 0 Å². The van der Waals surface area contributed by atoms with Crippen molar-refractivity contribution in [2.45, 2.75) is 5.41 Å². The molecule has 0 unspecified atom stereocenters. The molecule has 150 valence electrons. The van der Waals surface area contributed by atoms with Gasteiger partial charge in [0.2, 0.25) is 0 Å². The maximum atomic E-state index is 10.5. The maximum absolute atomic E-state index is 10.5. The second kappa shape index (κ2) is 6.20. The fraction of sp³-hybridized carbons (Fsp3) is 0.0345. The lowest BCUT2D eigenvalue weighted by atomic mass is 9.64. The van der Waals surface area contributed by atoms with E-state index < -0.39 is 12.5 Å². The molecule has 0 fully saturated rings. The van der Waals surface area contributed by atoms with Gasteiger partial charge in [-0.3, -0.25) is 0 Å². The van der Waals surface area contributed by atoms with Crippen LogP contribution in [0.25, 0.3) is 33.0 Å². The molecule has 0 aliphatic heterocycles. The van der Waals surface area contributed by atoms with Gasteiger partial charge < -0.3 is 10.0 Å². The largest absolute Gasteiger partial charge is 0.488 e. The van der Waals surface area contributed by atoms with Crippen LogP contribution in [0, 0.1) is 0 Å². The van der Waals surface area contributed by atoms with Crippen LogP contribution in [0.5, 0.6) is 0 Å². The molecule has 0 heterocycles. The molecule has 5 aromatic carbocycles. The van der Waals surface area contributed by atoms with Gasteiger partial charge in [0.05, 0.1) is 5.41 Å². The first-order valence-corrected chi connectivity index (χ1v) is 10.9. The standard InChI is InChI=1S/C29H19BO2/c31-30(32)26-15-7-12-22-27-19-9-2-1-8-18(19)16-17-25(27)29(28(22)26)23-13-5-3-10-20(23)21-11-4-6-14-24(21)29/h1-17,31-32H. The van der Waals surface area contributed by atoms with E-state index in [-0.39, 0.29) is 0 Å². The highest BCUT2D eigenvalue weighted by Crippen LogP contribution is 2.63. The van der Waals surface area contributed by atoms with Crippen LogP contribution in [0.3, 0.4) is 0 Å². The molecule has 0 amide bonds. The smallest absolute Gasteiger partial charge is 0.423 e. The predicted octanol–water partition coefficient (Wildman–Crippen LogP) is 4.86. The Labute approximate surface area is 186 Å². The highest BCUT2D eigenvalue weighted by Gasteiger charge is 2.53. The summed E-state index contributed by atoms with van der Waals surface area (Å²) in [5.41, 5.74) is 9.25. The van der Waals surface area contributed by atoms with Crippen molar-refractivity contribution >= 4 is 23.4 Å². The molecule has 7 rings (SSSR count). The molecule has 0 atom stereocenters. The number of rotatable bonds is 1. The molecule has 2 aliphatic carbocycles. The summed E-state index contributed by atoms with van der Waals surface area (Å²) in [6.07, 6.45) is 0. The van der Waals surface area contributed by atoms with Crippen LogP contribution >= 0.6 is 0 Å². The Hall–Kier alpha value is -3.66. The van der Waals surface area contributed by atoms with Crippen LogP contribution in [0.4, 0.5) is 0 Å². The van der Waals surface area contributed by atoms with Gasteiger partial charge in [0, 0.05) is 0 Å². The molecule has 0 bridgehead atoms. The third-order valence-electron chi connectivity index (χ3n) is 7.30. The van der Waals surface area contributed by atoms with Crippen molar-refractivity contribution in [2.75, 3.05) is 0 Å². The first-order chi connectivity index (χ1) is 15.7. The van der Waals surface area contributed by atoms with Gasteiger partial charge in [-0.05, 0) is 60.7 Å². The van der Waals surface area contributed by atoms with Crippen LogP contribution in [0.2, 0.25) is 0 Å². The van der Waals surface area contributed by atoms with E-state index in [0.717, 1.165) is 11.1 Å². The molecule has 0 saturated heterocycles. The van der Waals surface area contributed by atoms with Gasteiger partial charge in [-0.2, -0.15) is 0 Å². The van der Waals surface area contributed by atoms with Gasteiger partial charge in [-0.1, -0.05) is 103 Å². The second-order valence-corrected chi connectivity index (χ2v) is 8.69. The van der Waals surface area contributed by atoms with Gasteiger partial charge in [0.25, 0.3) is 0 Å². The van der Waals surface area contributed by atoms with Crippen molar-refractivity contribution in [3.8, 4) is 22.3 Å². The van der Waals surface area contributed by atoms with E-state index >= 15 is 0 Å². The normalized spacial score (nSPS) is 14.2. The number of hydrogen-bond donors (Lipinski definition) is 2. The minimum atomic E-state index is -1.55. The molecule has 1 spiro atoms. The summed E-state index contributed by atoms with van der Waals surface area (Å²) in [7, 11) is -1.55. The van der Waals surface area contributed by atoms with Crippen LogP contribution < -0.4 is 5.46 Å². The van der Waals surface area contributed by atoms with Crippen LogP contribution in [0.1, 0.15) is 22.3 Å². The van der Waals surface area contributed by atoms with Crippen molar-refractivity contribution in [1.29, 1.82) is 0 Å². The van der Waals surface area contributed by atoms with E-state index in [1.165, 1.54) is 44.2 Å². The quantitative estimate of drug-likeness (QED) is 0.380. The first-order valence-electron chi connectivity index (χ1n) is 10.9. The fourth-order valence-electron chi connectivity index (χ4n) is 6.22. The average molecular weight is 410 g/mol. The molecule has 32 heavy (non-hydrogen) atoms. The monoisotopic (exact) mass is 410 g/mol. The molecule has 2 nitrogen and oxygen atoms in total. The predicted molar refractivity (Wildman–Crippen MR) is 130 cm³/mol. The summed E-state index contributed by atoms with van der Waals surface area (Å²) in [5, 5.41) is 23.3. The molecule has 2 N–H and O–H groups in total. The lowest BCUT2D eigenvalue weighted by Gasteiger charge is -2.32. The molecule has 0 saturated carbocycles. The second-order valence-electron chi connectivity index (χ2n) is 8.69. The van der Waals surface area contributed by atoms with Crippen molar-refractivity contribution in [1.82, 2.24) is 0 Å². The van der Waals surface area contributed by atoms with E-state index in [0.29, 0.717) is 5.46 Å².